The highest BCUT2D eigenvalue weighted by Crippen LogP contribution is 2.34. The average Bonchev–Trinajstić information content (AvgIpc) is 3.20. The maximum absolute atomic E-state index is 15.6. The molecule has 0 saturated carbocycles. The quantitative estimate of drug-likeness (QED) is 0.184. The van der Waals surface area contributed by atoms with Gasteiger partial charge < -0.3 is 20.9 Å². The monoisotopic (exact) mass is 767 g/mol. The number of nitrogens with one attached hydrogen (secondary N) is 2. The van der Waals surface area contributed by atoms with Gasteiger partial charge in [0.15, 0.2) is 0 Å². The Labute approximate surface area is 323 Å². The minimum absolute atomic E-state index is 0.230. The molecule has 2 atom stereocenters. The fourth-order valence-electron chi connectivity index (χ4n) is 7.81. The van der Waals surface area contributed by atoms with Crippen molar-refractivity contribution in [1.29, 1.82) is 0 Å². The highest BCUT2D eigenvalue weighted by atomic mass is 19.3. The van der Waals surface area contributed by atoms with E-state index in [1.54, 1.807) is 42.6 Å². The Morgan fingerprint density at radius 2 is 1.57 bits per heavy atom. The average molecular weight is 768 g/mol. The number of carbonyl (C=O) groups excluding carboxylic acids is 4. The molecule has 3 fully saturated rings. The summed E-state index contributed by atoms with van der Waals surface area (Å²) in [5.41, 5.74) is 8.73. The van der Waals surface area contributed by atoms with E-state index < -0.39 is 41.4 Å². The molecule has 4 N–H and O–H groups in total. The molecule has 3 aliphatic rings. The van der Waals surface area contributed by atoms with Crippen LogP contribution in [0.4, 0.5) is 24.5 Å². The van der Waals surface area contributed by atoms with Gasteiger partial charge in [0.05, 0.1) is 11.4 Å². The molecular weight excluding hydrogens is 724 g/mol. The third-order valence-corrected chi connectivity index (χ3v) is 11.0. The number of hydrogen-bond acceptors (Lipinski definition) is 8. The molecule has 7 rings (SSSR count). The van der Waals surface area contributed by atoms with Gasteiger partial charge in [-0.05, 0) is 60.6 Å². The van der Waals surface area contributed by atoms with Crippen molar-refractivity contribution in [2.45, 2.75) is 43.6 Å². The standard InChI is InChI=1S/C42H44F3N7O4/c43-33-24-32(48-35-13-15-37(53)49-40(35)55)11-14-36(33)51-22-20-50(21-23-51)26-27-16-18-52(19-17-27)41(56)42(44,45)31-9-6-28(7-10-31)30-8-12-34(47-25-30)38(39(46)54)29-4-2-1-3-5-29/h1-12,14,24-25,27,35,38,48H,13,15-23,26H2,(H2,46,54)(H,49,53,55). The molecule has 4 amide bonds. The lowest BCUT2D eigenvalue weighted by atomic mass is 9.93. The summed E-state index contributed by atoms with van der Waals surface area (Å²) in [7, 11) is 0. The molecule has 0 aliphatic carbocycles. The molecular formula is C42H44F3N7O4. The summed E-state index contributed by atoms with van der Waals surface area (Å²) in [4.78, 5) is 58.8. The molecule has 2 unspecified atom stereocenters. The Morgan fingerprint density at radius 3 is 2.20 bits per heavy atom. The zero-order valence-electron chi connectivity index (χ0n) is 30.8. The van der Waals surface area contributed by atoms with Crippen LogP contribution in [0.3, 0.4) is 0 Å². The first-order valence-electron chi connectivity index (χ1n) is 18.9. The second kappa shape index (κ2) is 16.5. The molecule has 1 aromatic heterocycles. The van der Waals surface area contributed by atoms with Gasteiger partial charge in [0, 0.05) is 75.2 Å². The summed E-state index contributed by atoms with van der Waals surface area (Å²) in [6, 6.07) is 22.3. The van der Waals surface area contributed by atoms with E-state index in [-0.39, 0.29) is 36.9 Å². The lowest BCUT2D eigenvalue weighted by molar-refractivity contribution is -0.160. The molecule has 4 aromatic rings. The largest absolute Gasteiger partial charge is 0.374 e. The lowest BCUT2D eigenvalue weighted by Crippen LogP contribution is -2.50. The molecule has 3 aromatic carbocycles. The molecule has 4 heterocycles. The number of hydrogen-bond donors (Lipinski definition) is 3. The minimum atomic E-state index is -3.69. The summed E-state index contributed by atoms with van der Waals surface area (Å²) >= 11 is 0. The highest BCUT2D eigenvalue weighted by molar-refractivity contribution is 6.01. The number of nitrogens with two attached hydrogens (primary N) is 1. The maximum atomic E-state index is 15.6. The number of anilines is 2. The normalized spacial score (nSPS) is 19.0. The van der Waals surface area contributed by atoms with Crippen LogP contribution in [-0.2, 0) is 25.1 Å². The smallest absolute Gasteiger partial charge is 0.349 e. The summed E-state index contributed by atoms with van der Waals surface area (Å²) in [5.74, 6) is -7.03. The highest BCUT2D eigenvalue weighted by Gasteiger charge is 2.44. The van der Waals surface area contributed by atoms with Gasteiger partial charge in [-0.3, -0.25) is 34.4 Å². The van der Waals surface area contributed by atoms with Crippen molar-refractivity contribution in [2.24, 2.45) is 11.7 Å². The van der Waals surface area contributed by atoms with Crippen LogP contribution in [0.25, 0.3) is 11.1 Å². The van der Waals surface area contributed by atoms with E-state index in [0.717, 1.165) is 12.1 Å². The molecule has 0 bridgehead atoms. The minimum Gasteiger partial charge on any atom is -0.374 e. The van der Waals surface area contributed by atoms with Gasteiger partial charge in [0.25, 0.3) is 5.91 Å². The maximum Gasteiger partial charge on any atom is 0.349 e. The molecule has 0 radical (unpaired) electrons. The van der Waals surface area contributed by atoms with Gasteiger partial charge in [-0.2, -0.15) is 8.78 Å². The molecule has 292 valence electrons. The van der Waals surface area contributed by atoms with Crippen molar-refractivity contribution in [3.05, 3.63) is 114 Å². The van der Waals surface area contributed by atoms with Crippen LogP contribution in [0.1, 0.15) is 48.4 Å². The second-order valence-electron chi connectivity index (χ2n) is 14.7. The van der Waals surface area contributed by atoms with Crippen LogP contribution in [0.15, 0.2) is 91.1 Å². The predicted octanol–water partition coefficient (Wildman–Crippen LogP) is 4.87. The van der Waals surface area contributed by atoms with Gasteiger partial charge in [-0.1, -0.05) is 60.7 Å². The van der Waals surface area contributed by atoms with Gasteiger partial charge in [-0.25, -0.2) is 4.39 Å². The van der Waals surface area contributed by atoms with Crippen molar-refractivity contribution in [1.82, 2.24) is 20.1 Å². The number of alkyl halides is 2. The number of halogens is 3. The van der Waals surface area contributed by atoms with Crippen molar-refractivity contribution in [3.63, 3.8) is 0 Å². The molecule has 3 saturated heterocycles. The van der Waals surface area contributed by atoms with Crippen LogP contribution >= 0.6 is 0 Å². The molecule has 56 heavy (non-hydrogen) atoms. The number of piperazine rings is 1. The summed E-state index contributed by atoms with van der Waals surface area (Å²) in [6.07, 6.45) is 3.37. The second-order valence-corrected chi connectivity index (χ2v) is 14.7. The molecule has 3 aliphatic heterocycles. The van der Waals surface area contributed by atoms with Crippen molar-refractivity contribution >= 4 is 35.0 Å². The fraction of sp³-hybridized carbons (Fsp3) is 0.357. The van der Waals surface area contributed by atoms with Gasteiger partial charge in [0.1, 0.15) is 17.8 Å². The van der Waals surface area contributed by atoms with E-state index >= 15 is 13.2 Å². The number of carbonyl (C=O) groups is 4. The Hall–Kier alpha value is -5.76. The van der Waals surface area contributed by atoms with E-state index in [9.17, 15) is 19.2 Å². The SMILES string of the molecule is NC(=O)C(c1ccccc1)c1ccc(-c2ccc(C(F)(F)C(=O)N3CCC(CN4CCN(c5ccc(NC6CCC(=O)NC6=O)cc5F)CC4)CC3)cc2)cn1. The Morgan fingerprint density at radius 1 is 0.875 bits per heavy atom. The van der Waals surface area contributed by atoms with E-state index in [1.807, 2.05) is 23.1 Å². The third kappa shape index (κ3) is 8.55. The number of nitrogens with zero attached hydrogens (tertiary/aromatic N) is 4. The zero-order valence-corrected chi connectivity index (χ0v) is 30.8. The number of pyridine rings is 1. The summed E-state index contributed by atoms with van der Waals surface area (Å²) in [5, 5.41) is 5.30. The first-order valence-corrected chi connectivity index (χ1v) is 18.9. The van der Waals surface area contributed by atoms with Gasteiger partial charge >= 0.3 is 5.92 Å². The van der Waals surface area contributed by atoms with Gasteiger partial charge in [0.2, 0.25) is 17.7 Å². The van der Waals surface area contributed by atoms with E-state index in [2.05, 4.69) is 20.5 Å². The number of amides is 4. The number of benzene rings is 3. The summed E-state index contributed by atoms with van der Waals surface area (Å²) in [6.45, 7) is 3.92. The van der Waals surface area contributed by atoms with Crippen LogP contribution in [0.2, 0.25) is 0 Å². The first kappa shape index (κ1) is 38.5. The number of likely N-dealkylation sites (tertiary alicyclic amines) is 1. The Kier molecular flexibility index (Phi) is 11.4. The Bertz CT molecular complexity index is 2050. The number of rotatable bonds is 11. The topological polar surface area (TPSA) is 141 Å². The summed E-state index contributed by atoms with van der Waals surface area (Å²) < 4.78 is 46.3. The van der Waals surface area contributed by atoms with Crippen molar-refractivity contribution < 1.29 is 32.3 Å². The van der Waals surface area contributed by atoms with Crippen LogP contribution < -0.4 is 21.3 Å². The molecule has 14 heteroatoms. The van der Waals surface area contributed by atoms with Crippen LogP contribution in [-0.4, -0.2) is 90.3 Å². The fourth-order valence-corrected chi connectivity index (χ4v) is 7.81. The molecule has 11 nitrogen and oxygen atoms in total. The lowest BCUT2D eigenvalue weighted by Gasteiger charge is -2.40. The number of aromatic nitrogens is 1. The zero-order chi connectivity index (χ0) is 39.4. The van der Waals surface area contributed by atoms with Crippen LogP contribution in [0, 0.1) is 11.7 Å². The van der Waals surface area contributed by atoms with Crippen LogP contribution in [0.5, 0.6) is 0 Å². The van der Waals surface area contributed by atoms with E-state index in [4.69, 9.17) is 5.73 Å². The van der Waals surface area contributed by atoms with E-state index in [0.29, 0.717) is 73.6 Å². The number of imide groups is 1. The third-order valence-electron chi connectivity index (χ3n) is 11.0. The number of primary amides is 1. The first-order chi connectivity index (χ1) is 27.0. The molecule has 0 spiro atoms. The predicted molar refractivity (Wildman–Crippen MR) is 205 cm³/mol. The Balaban J connectivity index is 0.874. The van der Waals surface area contributed by atoms with E-state index in [1.165, 1.54) is 35.2 Å². The van der Waals surface area contributed by atoms with Crippen molar-refractivity contribution in [3.8, 4) is 11.1 Å². The number of piperidine rings is 2. The van der Waals surface area contributed by atoms with Gasteiger partial charge in [-0.15, -0.1) is 0 Å². The van der Waals surface area contributed by atoms with Crippen molar-refractivity contribution in [2.75, 3.05) is 56.0 Å².